The minimum Gasteiger partial charge on any atom is -0.237 e. The Balaban J connectivity index is 2.60. The van der Waals surface area contributed by atoms with Gasteiger partial charge in [0, 0.05) is 16.9 Å². The molecule has 0 aliphatic rings. The molecule has 0 atom stereocenters. The van der Waals surface area contributed by atoms with Gasteiger partial charge in [-0.25, -0.2) is 18.1 Å². The van der Waals surface area contributed by atoms with Crippen LogP contribution < -0.4 is 0 Å². The summed E-state index contributed by atoms with van der Waals surface area (Å²) in [6.45, 7) is 3.55. The molecule has 0 aliphatic carbocycles. The second kappa shape index (κ2) is 4.12. The van der Waals surface area contributed by atoms with Crippen molar-refractivity contribution in [1.82, 2.24) is 14.8 Å². The first-order valence-corrected chi connectivity index (χ1v) is 7.13. The highest BCUT2D eigenvalue weighted by molar-refractivity contribution is 8.13. The van der Waals surface area contributed by atoms with Crippen LogP contribution in [-0.4, -0.2) is 23.2 Å². The predicted molar refractivity (Wildman–Crippen MR) is 63.9 cm³/mol. The van der Waals surface area contributed by atoms with Crippen molar-refractivity contribution in [1.29, 1.82) is 0 Å². The molecule has 90 valence electrons. The molecule has 2 heterocycles. The fourth-order valence-electron chi connectivity index (χ4n) is 1.50. The molecule has 0 radical (unpaired) electrons. The van der Waals surface area contributed by atoms with Crippen molar-refractivity contribution in [2.24, 2.45) is 0 Å². The summed E-state index contributed by atoms with van der Waals surface area (Å²) in [5.74, 6) is 0.564. The van der Waals surface area contributed by atoms with E-state index < -0.39 is 9.05 Å². The number of aromatic nitrogens is 3. The number of rotatable bonds is 2. The van der Waals surface area contributed by atoms with Gasteiger partial charge < -0.3 is 0 Å². The number of hydrogen-bond donors (Lipinski definition) is 0. The summed E-state index contributed by atoms with van der Waals surface area (Å²) in [6, 6.07) is 3.66. The molecule has 17 heavy (non-hydrogen) atoms. The Morgan fingerprint density at radius 3 is 2.59 bits per heavy atom. The zero-order valence-corrected chi connectivity index (χ0v) is 10.8. The molecule has 0 amide bonds. The van der Waals surface area contributed by atoms with Gasteiger partial charge in [-0.15, -0.1) is 0 Å². The Hall–Kier alpha value is -1.40. The van der Waals surface area contributed by atoms with Gasteiger partial charge in [-0.3, -0.25) is 0 Å². The zero-order valence-electron chi connectivity index (χ0n) is 9.25. The summed E-state index contributed by atoms with van der Waals surface area (Å²) in [5, 5.41) is 3.98. The summed E-state index contributed by atoms with van der Waals surface area (Å²) in [4.78, 5) is 4.13. The second-order valence-electron chi connectivity index (χ2n) is 3.64. The fourth-order valence-corrected chi connectivity index (χ4v) is 2.57. The van der Waals surface area contributed by atoms with E-state index in [1.807, 2.05) is 19.1 Å². The van der Waals surface area contributed by atoms with Gasteiger partial charge in [0.15, 0.2) is 5.82 Å². The lowest BCUT2D eigenvalue weighted by Gasteiger charge is -2.04. The molecule has 0 aromatic carbocycles. The lowest BCUT2D eigenvalue weighted by molar-refractivity contribution is 0.609. The maximum absolute atomic E-state index is 11.3. The standard InChI is InChI=1S/C10H10ClN3O2S/c1-7-3-4-12-10(5-7)14-8(2)9(6-13-14)17(11,15)16/h3-6H,1-2H3. The molecule has 0 fully saturated rings. The van der Waals surface area contributed by atoms with Crippen LogP contribution in [0.15, 0.2) is 29.4 Å². The first kappa shape index (κ1) is 12.1. The largest absolute Gasteiger partial charge is 0.264 e. The van der Waals surface area contributed by atoms with Gasteiger partial charge >= 0.3 is 0 Å². The van der Waals surface area contributed by atoms with Gasteiger partial charge in [-0.1, -0.05) is 0 Å². The SMILES string of the molecule is Cc1ccnc(-n2ncc(S(=O)(=O)Cl)c2C)c1. The highest BCUT2D eigenvalue weighted by atomic mass is 35.7. The highest BCUT2D eigenvalue weighted by Crippen LogP contribution is 2.20. The van der Waals surface area contributed by atoms with Crippen LogP contribution >= 0.6 is 10.7 Å². The number of nitrogens with zero attached hydrogens (tertiary/aromatic N) is 3. The van der Waals surface area contributed by atoms with Crippen LogP contribution in [0, 0.1) is 13.8 Å². The smallest absolute Gasteiger partial charge is 0.237 e. The van der Waals surface area contributed by atoms with Crippen molar-refractivity contribution in [2.45, 2.75) is 18.7 Å². The third-order valence-electron chi connectivity index (χ3n) is 2.35. The summed E-state index contributed by atoms with van der Waals surface area (Å²) >= 11 is 0. The van der Waals surface area contributed by atoms with E-state index in [9.17, 15) is 8.42 Å². The van der Waals surface area contributed by atoms with Gasteiger partial charge in [0.05, 0.1) is 11.9 Å². The van der Waals surface area contributed by atoms with E-state index in [1.54, 1.807) is 13.1 Å². The highest BCUT2D eigenvalue weighted by Gasteiger charge is 2.19. The van der Waals surface area contributed by atoms with E-state index >= 15 is 0 Å². The molecule has 2 rings (SSSR count). The van der Waals surface area contributed by atoms with Crippen molar-refractivity contribution >= 4 is 19.7 Å². The number of halogens is 1. The predicted octanol–water partition coefficient (Wildman–Crippen LogP) is 1.81. The Morgan fingerprint density at radius 1 is 1.35 bits per heavy atom. The normalized spacial score (nSPS) is 11.7. The molecule has 0 saturated heterocycles. The van der Waals surface area contributed by atoms with E-state index in [0.717, 1.165) is 5.56 Å². The van der Waals surface area contributed by atoms with Crippen LogP contribution in [0.1, 0.15) is 11.3 Å². The zero-order chi connectivity index (χ0) is 12.6. The number of hydrogen-bond acceptors (Lipinski definition) is 4. The number of pyridine rings is 1. The average molecular weight is 272 g/mol. The molecule has 2 aromatic heterocycles. The molecule has 5 nitrogen and oxygen atoms in total. The fraction of sp³-hybridized carbons (Fsp3) is 0.200. The van der Waals surface area contributed by atoms with Crippen molar-refractivity contribution in [2.75, 3.05) is 0 Å². The number of aryl methyl sites for hydroxylation is 1. The van der Waals surface area contributed by atoms with E-state index in [2.05, 4.69) is 10.1 Å². The second-order valence-corrected chi connectivity index (χ2v) is 6.17. The molecule has 7 heteroatoms. The molecule has 0 saturated carbocycles. The quantitative estimate of drug-likeness (QED) is 0.782. The summed E-state index contributed by atoms with van der Waals surface area (Å²) in [5.41, 5.74) is 1.46. The van der Waals surface area contributed by atoms with Crippen LogP contribution in [0.25, 0.3) is 5.82 Å². The van der Waals surface area contributed by atoms with Crippen molar-refractivity contribution in [3.05, 3.63) is 35.8 Å². The van der Waals surface area contributed by atoms with E-state index in [1.165, 1.54) is 10.9 Å². The monoisotopic (exact) mass is 271 g/mol. The third kappa shape index (κ3) is 2.32. The van der Waals surface area contributed by atoms with Gasteiger partial charge in [0.25, 0.3) is 9.05 Å². The molecule has 0 bridgehead atoms. The van der Waals surface area contributed by atoms with Gasteiger partial charge in [-0.2, -0.15) is 5.10 Å². The molecule has 0 unspecified atom stereocenters. The Morgan fingerprint density at radius 2 is 2.06 bits per heavy atom. The van der Waals surface area contributed by atoms with Crippen LogP contribution in [0.4, 0.5) is 0 Å². The summed E-state index contributed by atoms with van der Waals surface area (Å²) < 4.78 is 24.0. The molecular formula is C10H10ClN3O2S. The topological polar surface area (TPSA) is 64.8 Å². The van der Waals surface area contributed by atoms with Crippen LogP contribution in [0.5, 0.6) is 0 Å². The van der Waals surface area contributed by atoms with E-state index in [4.69, 9.17) is 10.7 Å². The van der Waals surface area contributed by atoms with Gasteiger partial charge in [0.2, 0.25) is 0 Å². The lowest BCUT2D eigenvalue weighted by atomic mass is 10.3. The summed E-state index contributed by atoms with van der Waals surface area (Å²) in [6.07, 6.45) is 2.86. The Labute approximate surface area is 103 Å². The first-order chi connectivity index (χ1) is 7.89. The molecule has 0 spiro atoms. The maximum atomic E-state index is 11.3. The van der Waals surface area contributed by atoms with Crippen LogP contribution in [-0.2, 0) is 9.05 Å². The van der Waals surface area contributed by atoms with E-state index in [-0.39, 0.29) is 4.90 Å². The summed E-state index contributed by atoms with van der Waals surface area (Å²) in [7, 11) is 1.52. The van der Waals surface area contributed by atoms with Crippen molar-refractivity contribution in [3.63, 3.8) is 0 Å². The Bertz CT molecular complexity index is 664. The van der Waals surface area contributed by atoms with Crippen molar-refractivity contribution < 1.29 is 8.42 Å². The first-order valence-electron chi connectivity index (χ1n) is 4.82. The molecule has 0 N–H and O–H groups in total. The average Bonchev–Trinajstić information content (AvgIpc) is 2.59. The molecule has 0 aliphatic heterocycles. The van der Waals surface area contributed by atoms with Gasteiger partial charge in [-0.05, 0) is 31.5 Å². The Kier molecular flexibility index (Phi) is 2.92. The van der Waals surface area contributed by atoms with Crippen molar-refractivity contribution in [3.8, 4) is 5.82 Å². The van der Waals surface area contributed by atoms with Crippen LogP contribution in [0.2, 0.25) is 0 Å². The lowest BCUT2D eigenvalue weighted by Crippen LogP contribution is -2.03. The van der Waals surface area contributed by atoms with E-state index in [0.29, 0.717) is 11.5 Å². The third-order valence-corrected chi connectivity index (χ3v) is 3.77. The molecular weight excluding hydrogens is 262 g/mol. The minimum atomic E-state index is -3.77. The molecule has 2 aromatic rings. The van der Waals surface area contributed by atoms with Gasteiger partial charge in [0.1, 0.15) is 4.90 Å². The maximum Gasteiger partial charge on any atom is 0.264 e. The minimum absolute atomic E-state index is 0.00229. The van der Waals surface area contributed by atoms with Crippen LogP contribution in [0.3, 0.4) is 0 Å².